The van der Waals surface area contributed by atoms with Gasteiger partial charge in [0.15, 0.2) is 0 Å². The molecule has 1 N–H and O–H groups in total. The van der Waals surface area contributed by atoms with Gasteiger partial charge in [0.2, 0.25) is 5.78 Å². The molecule has 4 nitrogen and oxygen atoms in total. The first-order valence-corrected chi connectivity index (χ1v) is 8.08. The van der Waals surface area contributed by atoms with E-state index in [2.05, 4.69) is 4.72 Å². The van der Waals surface area contributed by atoms with Gasteiger partial charge in [-0.15, -0.1) is 0 Å². The standard InChI is InChI=1S/C15H9ClFNO3S/c16-11-5-3-6-12(17)10(11)8-13-15(19)9-4-1-2-7-14(9)22(20,21)18-13/h1-8,18H. The van der Waals surface area contributed by atoms with E-state index in [9.17, 15) is 17.6 Å². The molecule has 0 aromatic heterocycles. The van der Waals surface area contributed by atoms with Crippen molar-refractivity contribution in [2.45, 2.75) is 4.90 Å². The van der Waals surface area contributed by atoms with Crippen LogP contribution in [0.15, 0.2) is 53.1 Å². The second-order valence-electron chi connectivity index (χ2n) is 4.62. The van der Waals surface area contributed by atoms with Gasteiger partial charge < -0.3 is 0 Å². The van der Waals surface area contributed by atoms with Gasteiger partial charge in [0, 0.05) is 11.1 Å². The number of carbonyl (C=O) groups excluding carboxylic acids is 1. The number of allylic oxidation sites excluding steroid dienone is 1. The van der Waals surface area contributed by atoms with Crippen molar-refractivity contribution in [1.82, 2.24) is 4.72 Å². The monoisotopic (exact) mass is 337 g/mol. The van der Waals surface area contributed by atoms with E-state index in [1.807, 2.05) is 0 Å². The number of benzene rings is 2. The van der Waals surface area contributed by atoms with Crippen LogP contribution in [0.5, 0.6) is 0 Å². The molecule has 0 saturated carbocycles. The van der Waals surface area contributed by atoms with Crippen molar-refractivity contribution in [3.63, 3.8) is 0 Å². The zero-order chi connectivity index (χ0) is 15.9. The molecule has 112 valence electrons. The van der Waals surface area contributed by atoms with Crippen molar-refractivity contribution in [2.24, 2.45) is 0 Å². The Morgan fingerprint density at radius 3 is 2.55 bits per heavy atom. The molecule has 0 aliphatic carbocycles. The molecule has 1 aliphatic heterocycles. The fraction of sp³-hybridized carbons (Fsp3) is 0. The molecule has 1 aliphatic rings. The Hall–Kier alpha value is -2.18. The Kier molecular flexibility index (Phi) is 3.50. The Bertz CT molecular complexity index is 902. The van der Waals surface area contributed by atoms with Crippen LogP contribution in [0.4, 0.5) is 4.39 Å². The van der Waals surface area contributed by atoms with E-state index in [0.29, 0.717) is 0 Å². The van der Waals surface area contributed by atoms with Crippen LogP contribution in [-0.2, 0) is 10.0 Å². The van der Waals surface area contributed by atoms with Crippen LogP contribution in [0.3, 0.4) is 0 Å². The van der Waals surface area contributed by atoms with Crippen LogP contribution in [0, 0.1) is 5.82 Å². The number of nitrogens with one attached hydrogen (secondary N) is 1. The quantitative estimate of drug-likeness (QED) is 0.814. The van der Waals surface area contributed by atoms with Gasteiger partial charge in [-0.05, 0) is 30.3 Å². The number of rotatable bonds is 1. The van der Waals surface area contributed by atoms with Gasteiger partial charge in [-0.2, -0.15) is 0 Å². The second kappa shape index (κ2) is 5.23. The van der Waals surface area contributed by atoms with Crippen molar-refractivity contribution in [3.05, 3.63) is 70.1 Å². The number of sulfonamides is 1. The van der Waals surface area contributed by atoms with E-state index in [0.717, 1.165) is 6.08 Å². The molecular weight excluding hydrogens is 329 g/mol. The van der Waals surface area contributed by atoms with Crippen LogP contribution in [0.25, 0.3) is 6.08 Å². The van der Waals surface area contributed by atoms with Gasteiger partial charge >= 0.3 is 0 Å². The lowest BCUT2D eigenvalue weighted by Gasteiger charge is -2.19. The van der Waals surface area contributed by atoms with Gasteiger partial charge in [-0.25, -0.2) is 12.8 Å². The average Bonchev–Trinajstić information content (AvgIpc) is 2.48. The number of Topliss-reactive ketones (excluding diaryl/α,β-unsaturated/α-hetero) is 1. The molecule has 2 aromatic carbocycles. The van der Waals surface area contributed by atoms with Crippen LogP contribution >= 0.6 is 11.6 Å². The first-order chi connectivity index (χ1) is 10.4. The van der Waals surface area contributed by atoms with Gasteiger partial charge in [-0.1, -0.05) is 29.8 Å². The molecule has 2 aromatic rings. The highest BCUT2D eigenvalue weighted by molar-refractivity contribution is 7.90. The number of halogens is 2. The van der Waals surface area contributed by atoms with Crippen LogP contribution in [0.1, 0.15) is 15.9 Å². The zero-order valence-electron chi connectivity index (χ0n) is 11.0. The van der Waals surface area contributed by atoms with Crippen LogP contribution in [0.2, 0.25) is 5.02 Å². The molecule has 0 spiro atoms. The minimum atomic E-state index is -3.87. The third-order valence-corrected chi connectivity index (χ3v) is 4.95. The SMILES string of the molecule is O=C1C(=Cc2c(F)cccc2Cl)NS(=O)(=O)c2ccccc21. The summed E-state index contributed by atoms with van der Waals surface area (Å²) in [6.07, 6.45) is 1.10. The maximum Gasteiger partial charge on any atom is 0.262 e. The fourth-order valence-corrected chi connectivity index (χ4v) is 3.64. The highest BCUT2D eigenvalue weighted by Gasteiger charge is 2.31. The van der Waals surface area contributed by atoms with Crippen molar-refractivity contribution >= 4 is 33.5 Å². The normalized spacial score (nSPS) is 17.9. The lowest BCUT2D eigenvalue weighted by Crippen LogP contribution is -2.34. The lowest BCUT2D eigenvalue weighted by molar-refractivity contribution is 0.102. The summed E-state index contributed by atoms with van der Waals surface area (Å²) in [6, 6.07) is 9.87. The third-order valence-electron chi connectivity index (χ3n) is 3.20. The Morgan fingerprint density at radius 1 is 1.09 bits per heavy atom. The first kappa shape index (κ1) is 14.7. The van der Waals surface area contributed by atoms with E-state index >= 15 is 0 Å². The molecule has 0 fully saturated rings. The van der Waals surface area contributed by atoms with Gasteiger partial charge in [0.1, 0.15) is 5.82 Å². The predicted molar refractivity (Wildman–Crippen MR) is 80.5 cm³/mol. The molecular formula is C15H9ClFNO3S. The molecule has 0 unspecified atom stereocenters. The molecule has 0 saturated heterocycles. The summed E-state index contributed by atoms with van der Waals surface area (Å²) < 4.78 is 40.3. The van der Waals surface area contributed by atoms with E-state index in [-0.39, 0.29) is 26.7 Å². The summed E-state index contributed by atoms with van der Waals surface area (Å²) in [7, 11) is -3.87. The zero-order valence-corrected chi connectivity index (χ0v) is 12.6. The molecule has 0 radical (unpaired) electrons. The number of carbonyl (C=O) groups is 1. The average molecular weight is 338 g/mol. The van der Waals surface area contributed by atoms with Crippen molar-refractivity contribution < 1.29 is 17.6 Å². The van der Waals surface area contributed by atoms with E-state index in [1.165, 1.54) is 36.4 Å². The maximum atomic E-state index is 13.8. The highest BCUT2D eigenvalue weighted by Crippen LogP contribution is 2.27. The largest absolute Gasteiger partial charge is 0.287 e. The molecule has 22 heavy (non-hydrogen) atoms. The summed E-state index contributed by atoms with van der Waals surface area (Å²) in [4.78, 5) is 12.3. The fourth-order valence-electron chi connectivity index (χ4n) is 2.17. The predicted octanol–water partition coefficient (Wildman–Crippen LogP) is 2.99. The number of hydrogen-bond acceptors (Lipinski definition) is 3. The number of hydrogen-bond donors (Lipinski definition) is 1. The third kappa shape index (κ3) is 2.40. The smallest absolute Gasteiger partial charge is 0.262 e. The van der Waals surface area contributed by atoms with Crippen molar-refractivity contribution in [3.8, 4) is 0 Å². The topological polar surface area (TPSA) is 63.2 Å². The van der Waals surface area contributed by atoms with Gasteiger partial charge in [-0.3, -0.25) is 9.52 Å². The summed E-state index contributed by atoms with van der Waals surface area (Å²) in [5, 5.41) is 0.0818. The van der Waals surface area contributed by atoms with Crippen molar-refractivity contribution in [1.29, 1.82) is 0 Å². The van der Waals surface area contributed by atoms with Crippen LogP contribution in [-0.4, -0.2) is 14.2 Å². The summed E-state index contributed by atoms with van der Waals surface area (Å²) in [5.74, 6) is -1.18. The molecule has 1 heterocycles. The molecule has 0 bridgehead atoms. The number of fused-ring (bicyclic) bond motifs is 1. The Labute approximate surface area is 131 Å². The Balaban J connectivity index is 2.19. The maximum absolute atomic E-state index is 13.8. The lowest BCUT2D eigenvalue weighted by atomic mass is 10.1. The van der Waals surface area contributed by atoms with E-state index < -0.39 is 21.6 Å². The van der Waals surface area contributed by atoms with Crippen LogP contribution < -0.4 is 4.72 Å². The van der Waals surface area contributed by atoms with Crippen molar-refractivity contribution in [2.75, 3.05) is 0 Å². The highest BCUT2D eigenvalue weighted by atomic mass is 35.5. The summed E-state index contributed by atoms with van der Waals surface area (Å²) >= 11 is 5.89. The Morgan fingerprint density at radius 2 is 1.82 bits per heavy atom. The van der Waals surface area contributed by atoms with E-state index in [1.54, 1.807) is 6.07 Å². The van der Waals surface area contributed by atoms with E-state index in [4.69, 9.17) is 11.6 Å². The minimum absolute atomic E-state index is 0.0416. The molecule has 0 amide bonds. The summed E-state index contributed by atoms with van der Waals surface area (Å²) in [6.45, 7) is 0. The molecule has 3 rings (SSSR count). The number of ketones is 1. The van der Waals surface area contributed by atoms with Gasteiger partial charge in [0.05, 0.1) is 15.6 Å². The first-order valence-electron chi connectivity index (χ1n) is 6.22. The van der Waals surface area contributed by atoms with Gasteiger partial charge in [0.25, 0.3) is 10.0 Å². The second-order valence-corrected chi connectivity index (χ2v) is 6.68. The summed E-state index contributed by atoms with van der Waals surface area (Å²) in [5.41, 5.74) is -0.250. The molecule has 0 atom stereocenters. The minimum Gasteiger partial charge on any atom is -0.287 e. The molecule has 7 heteroatoms.